The average Bonchev–Trinajstić information content (AvgIpc) is 2.99. The van der Waals surface area contributed by atoms with Crippen LogP contribution in [0, 0.1) is 13.8 Å². The van der Waals surface area contributed by atoms with E-state index in [9.17, 15) is 0 Å². The van der Waals surface area contributed by atoms with Gasteiger partial charge in [-0.3, -0.25) is 0 Å². The SMILES string of the molecule is Cc1cc[n+](C)c(-c2c(C)ccc3c2oc2nc4ccccc4cc23)c1. The van der Waals surface area contributed by atoms with E-state index in [1.54, 1.807) is 0 Å². The molecule has 2 aromatic carbocycles. The minimum absolute atomic E-state index is 0.695. The molecular formula is C23H19N2O+. The molecule has 0 amide bonds. The molecule has 0 saturated carbocycles. The Labute approximate surface area is 151 Å². The van der Waals surface area contributed by atoms with Crippen LogP contribution < -0.4 is 4.57 Å². The fraction of sp³-hybridized carbons (Fsp3) is 0.130. The molecule has 3 aromatic heterocycles. The van der Waals surface area contributed by atoms with E-state index in [1.807, 2.05) is 18.2 Å². The van der Waals surface area contributed by atoms with E-state index < -0.39 is 0 Å². The Morgan fingerprint density at radius 1 is 0.923 bits per heavy atom. The summed E-state index contributed by atoms with van der Waals surface area (Å²) in [7, 11) is 2.07. The van der Waals surface area contributed by atoms with Crippen LogP contribution in [0.2, 0.25) is 0 Å². The fourth-order valence-corrected chi connectivity index (χ4v) is 3.71. The summed E-state index contributed by atoms with van der Waals surface area (Å²) in [5.41, 5.74) is 7.27. The lowest BCUT2D eigenvalue weighted by Gasteiger charge is -2.06. The second-order valence-electron chi connectivity index (χ2n) is 6.97. The molecule has 26 heavy (non-hydrogen) atoms. The van der Waals surface area contributed by atoms with Gasteiger partial charge in [0.2, 0.25) is 11.4 Å². The van der Waals surface area contributed by atoms with Gasteiger partial charge in [0.05, 0.1) is 11.1 Å². The van der Waals surface area contributed by atoms with E-state index in [-0.39, 0.29) is 0 Å². The average molecular weight is 339 g/mol. The van der Waals surface area contributed by atoms with E-state index in [4.69, 9.17) is 9.40 Å². The molecule has 0 radical (unpaired) electrons. The topological polar surface area (TPSA) is 29.9 Å². The van der Waals surface area contributed by atoms with Crippen molar-refractivity contribution in [3.05, 3.63) is 71.9 Å². The van der Waals surface area contributed by atoms with Crippen molar-refractivity contribution in [3.63, 3.8) is 0 Å². The van der Waals surface area contributed by atoms with Gasteiger partial charge < -0.3 is 4.42 Å². The number of hydrogen-bond acceptors (Lipinski definition) is 2. The van der Waals surface area contributed by atoms with Crippen LogP contribution in [0.3, 0.4) is 0 Å². The van der Waals surface area contributed by atoms with Gasteiger partial charge in [-0.05, 0) is 37.1 Å². The Bertz CT molecular complexity index is 1310. The normalized spacial score (nSPS) is 11.7. The summed E-state index contributed by atoms with van der Waals surface area (Å²) in [5, 5.41) is 3.31. The molecule has 0 aliphatic heterocycles. The van der Waals surface area contributed by atoms with Crippen LogP contribution in [0.15, 0.2) is 65.2 Å². The molecule has 0 bridgehead atoms. The summed E-state index contributed by atoms with van der Waals surface area (Å²) in [6.45, 7) is 4.25. The molecule has 0 saturated heterocycles. The predicted octanol–water partition coefficient (Wildman–Crippen LogP) is 5.24. The zero-order valence-electron chi connectivity index (χ0n) is 15.1. The van der Waals surface area contributed by atoms with Crippen LogP contribution in [0.4, 0.5) is 0 Å². The molecule has 5 aromatic rings. The van der Waals surface area contributed by atoms with Crippen molar-refractivity contribution < 1.29 is 8.98 Å². The Kier molecular flexibility index (Phi) is 3.13. The number of rotatable bonds is 1. The molecule has 0 unspecified atom stereocenters. The fourth-order valence-electron chi connectivity index (χ4n) is 3.71. The number of aryl methyl sites for hydroxylation is 3. The zero-order chi connectivity index (χ0) is 17.8. The summed E-state index contributed by atoms with van der Waals surface area (Å²) >= 11 is 0. The molecule has 0 spiro atoms. The smallest absolute Gasteiger partial charge is 0.227 e. The quantitative estimate of drug-likeness (QED) is 0.391. The summed E-state index contributed by atoms with van der Waals surface area (Å²) in [5.74, 6) is 0. The van der Waals surface area contributed by atoms with Crippen molar-refractivity contribution >= 4 is 33.0 Å². The van der Waals surface area contributed by atoms with Crippen LogP contribution >= 0.6 is 0 Å². The molecule has 3 heteroatoms. The first-order valence-electron chi connectivity index (χ1n) is 8.80. The molecule has 5 rings (SSSR count). The maximum Gasteiger partial charge on any atom is 0.227 e. The number of hydrogen-bond donors (Lipinski definition) is 0. The first kappa shape index (κ1) is 15.1. The van der Waals surface area contributed by atoms with Gasteiger partial charge >= 0.3 is 0 Å². The Morgan fingerprint density at radius 3 is 2.65 bits per heavy atom. The molecule has 0 aliphatic rings. The van der Waals surface area contributed by atoms with Crippen LogP contribution in [0.25, 0.3) is 44.2 Å². The Balaban J connectivity index is 1.93. The molecule has 0 atom stereocenters. The van der Waals surface area contributed by atoms with Gasteiger partial charge in [-0.15, -0.1) is 0 Å². The number of pyridine rings is 2. The van der Waals surface area contributed by atoms with Gasteiger partial charge in [0.1, 0.15) is 7.05 Å². The lowest BCUT2D eigenvalue weighted by molar-refractivity contribution is -0.660. The molecule has 0 N–H and O–H groups in total. The molecule has 126 valence electrons. The van der Waals surface area contributed by atoms with Crippen molar-refractivity contribution in [1.29, 1.82) is 0 Å². The van der Waals surface area contributed by atoms with Crippen molar-refractivity contribution in [2.75, 3.05) is 0 Å². The van der Waals surface area contributed by atoms with Crippen LogP contribution in [0.1, 0.15) is 11.1 Å². The predicted molar refractivity (Wildman–Crippen MR) is 105 cm³/mol. The largest absolute Gasteiger partial charge is 0.437 e. The minimum atomic E-state index is 0.695. The van der Waals surface area contributed by atoms with Crippen molar-refractivity contribution in [2.24, 2.45) is 7.05 Å². The van der Waals surface area contributed by atoms with Crippen LogP contribution in [0.5, 0.6) is 0 Å². The van der Waals surface area contributed by atoms with E-state index in [0.717, 1.165) is 38.5 Å². The lowest BCUT2D eigenvalue weighted by Crippen LogP contribution is -2.30. The molecule has 0 aliphatic carbocycles. The lowest BCUT2D eigenvalue weighted by atomic mass is 10.00. The number of nitrogens with zero attached hydrogens (tertiary/aromatic N) is 2. The number of para-hydroxylation sites is 1. The van der Waals surface area contributed by atoms with Gasteiger partial charge in [0.15, 0.2) is 11.8 Å². The monoisotopic (exact) mass is 339 g/mol. The van der Waals surface area contributed by atoms with Gasteiger partial charge in [-0.25, -0.2) is 9.55 Å². The van der Waals surface area contributed by atoms with E-state index in [1.165, 1.54) is 11.1 Å². The highest BCUT2D eigenvalue weighted by Gasteiger charge is 2.21. The third-order valence-electron chi connectivity index (χ3n) is 5.11. The van der Waals surface area contributed by atoms with Gasteiger partial charge in [0.25, 0.3) is 0 Å². The van der Waals surface area contributed by atoms with Gasteiger partial charge in [-0.2, -0.15) is 0 Å². The molecule has 3 nitrogen and oxygen atoms in total. The second-order valence-corrected chi connectivity index (χ2v) is 6.97. The van der Waals surface area contributed by atoms with Gasteiger partial charge in [-0.1, -0.05) is 30.3 Å². The summed E-state index contributed by atoms with van der Waals surface area (Å²) in [4.78, 5) is 4.75. The zero-order valence-corrected chi connectivity index (χ0v) is 15.1. The molecular weight excluding hydrogens is 320 g/mol. The van der Waals surface area contributed by atoms with Crippen LogP contribution in [-0.4, -0.2) is 4.98 Å². The number of furan rings is 1. The Hall–Kier alpha value is -3.20. The van der Waals surface area contributed by atoms with Gasteiger partial charge in [0, 0.05) is 28.3 Å². The number of fused-ring (bicyclic) bond motifs is 4. The highest BCUT2D eigenvalue weighted by Crippen LogP contribution is 2.37. The minimum Gasteiger partial charge on any atom is -0.437 e. The second kappa shape index (κ2) is 5.40. The number of benzene rings is 2. The molecule has 3 heterocycles. The summed E-state index contributed by atoms with van der Waals surface area (Å²) < 4.78 is 8.44. The maximum absolute atomic E-state index is 6.30. The van der Waals surface area contributed by atoms with E-state index >= 15 is 0 Å². The van der Waals surface area contributed by atoms with Crippen molar-refractivity contribution in [1.82, 2.24) is 4.98 Å². The first-order valence-corrected chi connectivity index (χ1v) is 8.80. The standard InChI is InChI=1S/C23H19N2O/c1-14-10-11-25(3)20(12-14)21-15(2)8-9-17-18-13-16-6-4-5-7-19(16)24-23(18)26-22(17)21/h4-13H,1-3H3/q+1. The third kappa shape index (κ3) is 2.14. The Morgan fingerprint density at radius 2 is 1.77 bits per heavy atom. The van der Waals surface area contributed by atoms with Crippen LogP contribution in [-0.2, 0) is 7.05 Å². The van der Waals surface area contributed by atoms with E-state index in [2.05, 4.69) is 68.1 Å². The maximum atomic E-state index is 6.30. The summed E-state index contributed by atoms with van der Waals surface area (Å²) in [6, 6.07) is 19.0. The summed E-state index contributed by atoms with van der Waals surface area (Å²) in [6.07, 6.45) is 2.10. The van der Waals surface area contributed by atoms with E-state index in [0.29, 0.717) is 5.71 Å². The highest BCUT2D eigenvalue weighted by atomic mass is 16.3. The molecule has 0 fully saturated rings. The first-order chi connectivity index (χ1) is 12.6. The number of aromatic nitrogens is 2. The third-order valence-corrected chi connectivity index (χ3v) is 5.11. The highest BCUT2D eigenvalue weighted by molar-refractivity contribution is 6.11. The van der Waals surface area contributed by atoms with Crippen molar-refractivity contribution in [3.8, 4) is 11.3 Å². The van der Waals surface area contributed by atoms with Crippen molar-refractivity contribution in [2.45, 2.75) is 13.8 Å².